The minimum atomic E-state index is 0.254. The number of hydrogen-bond donors (Lipinski definition) is 2. The van der Waals surface area contributed by atoms with E-state index in [2.05, 4.69) is 17.1 Å². The van der Waals surface area contributed by atoms with E-state index in [1.54, 1.807) is 0 Å². The van der Waals surface area contributed by atoms with Gasteiger partial charge >= 0.3 is 0 Å². The minimum Gasteiger partial charge on any atom is -0.478 e. The van der Waals surface area contributed by atoms with Crippen molar-refractivity contribution in [3.05, 3.63) is 29.8 Å². The number of likely N-dealkylation sites (tertiary alicyclic amines) is 1. The zero-order chi connectivity index (χ0) is 14.4. The monoisotopic (exact) mass is 275 g/mol. The molecule has 0 saturated carbocycles. The van der Waals surface area contributed by atoms with Crippen LogP contribution < -0.4 is 5.32 Å². The molecule has 1 aliphatic heterocycles. The minimum absolute atomic E-state index is 0.254. The van der Waals surface area contributed by atoms with Crippen molar-refractivity contribution in [1.29, 1.82) is 5.41 Å². The molecule has 1 saturated heterocycles. The third kappa shape index (κ3) is 3.73. The zero-order valence-corrected chi connectivity index (χ0v) is 12.5. The molecule has 4 nitrogen and oxygen atoms in total. The summed E-state index contributed by atoms with van der Waals surface area (Å²) in [6, 6.07) is 8.46. The molecule has 1 aromatic carbocycles. The van der Waals surface area contributed by atoms with Crippen molar-refractivity contribution in [3.63, 3.8) is 0 Å². The van der Waals surface area contributed by atoms with Gasteiger partial charge in [0.15, 0.2) is 0 Å². The van der Waals surface area contributed by atoms with Gasteiger partial charge in [-0.2, -0.15) is 0 Å². The molecule has 4 heteroatoms. The average molecular weight is 275 g/mol. The molecule has 0 aromatic heterocycles. The summed E-state index contributed by atoms with van der Waals surface area (Å²) in [6.45, 7) is 5.18. The SMILES string of the molecule is CNc1ccccc1C(=N)OCCCN1CCC[C@H]1C. The lowest BCUT2D eigenvalue weighted by Gasteiger charge is -2.20. The molecule has 0 unspecified atom stereocenters. The molecule has 1 atom stereocenters. The van der Waals surface area contributed by atoms with E-state index in [0.717, 1.165) is 24.2 Å². The van der Waals surface area contributed by atoms with Crippen molar-refractivity contribution in [2.45, 2.75) is 32.2 Å². The maximum absolute atomic E-state index is 8.03. The summed E-state index contributed by atoms with van der Waals surface area (Å²) in [5, 5.41) is 11.1. The fraction of sp³-hybridized carbons (Fsp3) is 0.562. The zero-order valence-electron chi connectivity index (χ0n) is 12.5. The summed E-state index contributed by atoms with van der Waals surface area (Å²) in [4.78, 5) is 2.51. The Morgan fingerprint density at radius 2 is 2.25 bits per heavy atom. The second kappa shape index (κ2) is 7.29. The molecule has 1 aromatic rings. The van der Waals surface area contributed by atoms with Gasteiger partial charge in [-0.15, -0.1) is 0 Å². The normalized spacial score (nSPS) is 19.0. The van der Waals surface area contributed by atoms with Crippen LogP contribution in [0.3, 0.4) is 0 Å². The first-order valence-corrected chi connectivity index (χ1v) is 7.45. The van der Waals surface area contributed by atoms with Crippen LogP contribution in [0.2, 0.25) is 0 Å². The number of ether oxygens (including phenoxy) is 1. The summed E-state index contributed by atoms with van der Waals surface area (Å²) in [5.41, 5.74) is 1.76. The van der Waals surface area contributed by atoms with E-state index in [9.17, 15) is 0 Å². The summed E-state index contributed by atoms with van der Waals surface area (Å²) < 4.78 is 5.58. The van der Waals surface area contributed by atoms with E-state index < -0.39 is 0 Å². The van der Waals surface area contributed by atoms with Crippen molar-refractivity contribution in [3.8, 4) is 0 Å². The first kappa shape index (κ1) is 14.9. The van der Waals surface area contributed by atoms with E-state index in [0.29, 0.717) is 12.6 Å². The molecule has 0 aliphatic carbocycles. The highest BCUT2D eigenvalue weighted by atomic mass is 16.5. The van der Waals surface area contributed by atoms with Crippen LogP contribution in [-0.4, -0.2) is 43.6 Å². The highest BCUT2D eigenvalue weighted by Gasteiger charge is 2.19. The summed E-state index contributed by atoms with van der Waals surface area (Å²) in [5.74, 6) is 0.254. The maximum atomic E-state index is 8.03. The number of rotatable bonds is 6. The van der Waals surface area contributed by atoms with Crippen molar-refractivity contribution in [2.75, 3.05) is 32.1 Å². The molecule has 0 bridgehead atoms. The van der Waals surface area contributed by atoms with E-state index in [4.69, 9.17) is 10.1 Å². The maximum Gasteiger partial charge on any atom is 0.215 e. The van der Waals surface area contributed by atoms with Crippen LogP contribution in [-0.2, 0) is 4.74 Å². The van der Waals surface area contributed by atoms with Gasteiger partial charge in [-0.05, 0) is 44.9 Å². The smallest absolute Gasteiger partial charge is 0.215 e. The van der Waals surface area contributed by atoms with Gasteiger partial charge in [0, 0.05) is 25.3 Å². The van der Waals surface area contributed by atoms with Crippen LogP contribution in [0, 0.1) is 5.41 Å². The van der Waals surface area contributed by atoms with Crippen molar-refractivity contribution >= 4 is 11.6 Å². The van der Waals surface area contributed by atoms with Crippen LogP contribution in [0.15, 0.2) is 24.3 Å². The number of hydrogen-bond acceptors (Lipinski definition) is 4. The Morgan fingerprint density at radius 3 is 2.95 bits per heavy atom. The molecule has 0 amide bonds. The van der Waals surface area contributed by atoms with Crippen LogP contribution >= 0.6 is 0 Å². The molecular formula is C16H25N3O. The van der Waals surface area contributed by atoms with Crippen LogP contribution in [0.4, 0.5) is 5.69 Å². The molecule has 1 fully saturated rings. The predicted octanol–water partition coefficient (Wildman–Crippen LogP) is 2.94. The molecule has 1 aliphatic rings. The molecule has 2 rings (SSSR count). The van der Waals surface area contributed by atoms with E-state index in [1.807, 2.05) is 31.3 Å². The fourth-order valence-corrected chi connectivity index (χ4v) is 2.74. The van der Waals surface area contributed by atoms with E-state index in [-0.39, 0.29) is 5.90 Å². The number of nitrogens with one attached hydrogen (secondary N) is 2. The lowest BCUT2D eigenvalue weighted by molar-refractivity contribution is 0.225. The van der Waals surface area contributed by atoms with E-state index in [1.165, 1.54) is 19.4 Å². The van der Waals surface area contributed by atoms with Gasteiger partial charge < -0.3 is 15.0 Å². The molecule has 2 N–H and O–H groups in total. The van der Waals surface area contributed by atoms with Crippen LogP contribution in [0.1, 0.15) is 31.7 Å². The summed E-state index contributed by atoms with van der Waals surface area (Å²) >= 11 is 0. The molecule has 0 spiro atoms. The molecular weight excluding hydrogens is 250 g/mol. The predicted molar refractivity (Wildman–Crippen MR) is 83.7 cm³/mol. The second-order valence-corrected chi connectivity index (χ2v) is 5.35. The van der Waals surface area contributed by atoms with Gasteiger partial charge in [-0.1, -0.05) is 12.1 Å². The topological polar surface area (TPSA) is 48.4 Å². The Kier molecular flexibility index (Phi) is 5.41. The Bertz CT molecular complexity index is 447. The standard InChI is InChI=1S/C16H25N3O/c1-13-7-5-10-19(13)11-6-12-20-16(17)14-8-3-4-9-15(14)18-2/h3-4,8-9,13,17-18H,5-7,10-12H2,1-2H3/t13-/m1/s1. The Morgan fingerprint density at radius 1 is 1.45 bits per heavy atom. The first-order valence-electron chi connectivity index (χ1n) is 7.45. The second-order valence-electron chi connectivity index (χ2n) is 5.35. The highest BCUT2D eigenvalue weighted by molar-refractivity contribution is 5.97. The molecule has 110 valence electrons. The van der Waals surface area contributed by atoms with Gasteiger partial charge in [0.1, 0.15) is 0 Å². The lowest BCUT2D eigenvalue weighted by atomic mass is 10.2. The average Bonchev–Trinajstić information content (AvgIpc) is 2.88. The summed E-state index contributed by atoms with van der Waals surface area (Å²) in [7, 11) is 1.86. The van der Waals surface area contributed by atoms with Gasteiger partial charge in [0.05, 0.1) is 12.2 Å². The lowest BCUT2D eigenvalue weighted by Crippen LogP contribution is -2.28. The van der Waals surface area contributed by atoms with Gasteiger partial charge in [0.2, 0.25) is 5.90 Å². The van der Waals surface area contributed by atoms with Crippen LogP contribution in [0.25, 0.3) is 0 Å². The third-order valence-electron chi connectivity index (χ3n) is 3.97. The fourth-order valence-electron chi connectivity index (χ4n) is 2.74. The largest absolute Gasteiger partial charge is 0.478 e. The van der Waals surface area contributed by atoms with Crippen molar-refractivity contribution in [1.82, 2.24) is 4.90 Å². The molecule has 0 radical (unpaired) electrons. The van der Waals surface area contributed by atoms with Crippen molar-refractivity contribution in [2.24, 2.45) is 0 Å². The van der Waals surface area contributed by atoms with Crippen molar-refractivity contribution < 1.29 is 4.74 Å². The number of para-hydroxylation sites is 1. The van der Waals surface area contributed by atoms with Crippen LogP contribution in [0.5, 0.6) is 0 Å². The molecule has 1 heterocycles. The number of benzene rings is 1. The Hall–Kier alpha value is -1.55. The highest BCUT2D eigenvalue weighted by Crippen LogP contribution is 2.17. The Balaban J connectivity index is 1.75. The quantitative estimate of drug-likeness (QED) is 0.477. The Labute approximate surface area is 121 Å². The van der Waals surface area contributed by atoms with Gasteiger partial charge in [-0.25, -0.2) is 0 Å². The number of anilines is 1. The number of nitrogens with zero attached hydrogens (tertiary/aromatic N) is 1. The third-order valence-corrected chi connectivity index (χ3v) is 3.97. The first-order chi connectivity index (χ1) is 9.72. The van der Waals surface area contributed by atoms with Gasteiger partial charge in [0.25, 0.3) is 0 Å². The molecule has 20 heavy (non-hydrogen) atoms. The summed E-state index contributed by atoms with van der Waals surface area (Å²) in [6.07, 6.45) is 3.61. The van der Waals surface area contributed by atoms with E-state index >= 15 is 0 Å². The van der Waals surface area contributed by atoms with Gasteiger partial charge in [-0.3, -0.25) is 5.41 Å².